The predicted molar refractivity (Wildman–Crippen MR) is 35.4 cm³/mol. The Kier molecular flexibility index (Phi) is 13.1. The van der Waals surface area contributed by atoms with E-state index >= 15 is 0 Å². The van der Waals surface area contributed by atoms with Crippen molar-refractivity contribution in [2.45, 2.75) is 26.2 Å². The van der Waals surface area contributed by atoms with Gasteiger partial charge in [-0.25, -0.2) is 0 Å². The Morgan fingerprint density at radius 3 is 2.00 bits per heavy atom. The smallest absolute Gasteiger partial charge is 0.291 e. The number of unbranched alkanes of at least 4 members (excludes halogenated alkanes) is 2. The van der Waals surface area contributed by atoms with Crippen molar-refractivity contribution < 1.29 is 15.4 Å². The summed E-state index contributed by atoms with van der Waals surface area (Å²) in [5, 5.41) is 21.8. The van der Waals surface area contributed by atoms with E-state index in [9.17, 15) is 0 Å². The fourth-order valence-corrected chi connectivity index (χ4v) is 0.362. The molecule has 0 aliphatic carbocycles. The summed E-state index contributed by atoms with van der Waals surface area (Å²) >= 11 is 0. The van der Waals surface area contributed by atoms with E-state index in [1.54, 1.807) is 0 Å². The standard InChI is InChI=1S/C5H12O.HNO3/c1-2-3-4-5-6;2-1(3)4/h6H,2-5H2,1H3;(H,2,3,4). The molecular weight excluding hydrogens is 138 g/mol. The maximum absolute atomic E-state index is 8.36. The van der Waals surface area contributed by atoms with E-state index in [0.29, 0.717) is 6.61 Å². The first-order valence-electron chi connectivity index (χ1n) is 3.09. The molecule has 0 aliphatic heterocycles. The van der Waals surface area contributed by atoms with Gasteiger partial charge in [-0.3, -0.25) is 0 Å². The molecule has 5 nitrogen and oxygen atoms in total. The fourth-order valence-electron chi connectivity index (χ4n) is 0.362. The highest BCUT2D eigenvalue weighted by molar-refractivity contribution is 4.30. The number of aliphatic hydroxyl groups excluding tert-OH is 1. The molecule has 0 fully saturated rings. The van der Waals surface area contributed by atoms with Gasteiger partial charge in [0.2, 0.25) is 0 Å². The van der Waals surface area contributed by atoms with Crippen LogP contribution in [0.5, 0.6) is 0 Å². The summed E-state index contributed by atoms with van der Waals surface area (Å²) < 4.78 is 0. The molecule has 5 heteroatoms. The minimum absolute atomic E-state index is 0.355. The van der Waals surface area contributed by atoms with E-state index in [1.165, 1.54) is 6.42 Å². The summed E-state index contributed by atoms with van der Waals surface area (Å²) in [4.78, 5) is 8.36. The number of aliphatic hydroxyl groups is 1. The third-order valence-corrected chi connectivity index (χ3v) is 0.762. The van der Waals surface area contributed by atoms with Gasteiger partial charge in [0, 0.05) is 6.61 Å². The Morgan fingerprint density at radius 1 is 1.50 bits per heavy atom. The zero-order valence-corrected chi connectivity index (χ0v) is 5.99. The van der Waals surface area contributed by atoms with E-state index < -0.39 is 5.09 Å². The first-order valence-corrected chi connectivity index (χ1v) is 3.09. The molecule has 0 radical (unpaired) electrons. The number of hydrogen-bond donors (Lipinski definition) is 2. The maximum atomic E-state index is 8.36. The molecule has 0 saturated carbocycles. The van der Waals surface area contributed by atoms with Gasteiger partial charge in [-0.2, -0.15) is 0 Å². The zero-order chi connectivity index (χ0) is 8.41. The van der Waals surface area contributed by atoms with E-state index in [1.807, 2.05) is 0 Å². The van der Waals surface area contributed by atoms with Gasteiger partial charge in [0.25, 0.3) is 5.09 Å². The van der Waals surface area contributed by atoms with Crippen molar-refractivity contribution in [2.75, 3.05) is 6.61 Å². The van der Waals surface area contributed by atoms with Crippen LogP contribution in [0.2, 0.25) is 0 Å². The molecule has 0 amide bonds. The van der Waals surface area contributed by atoms with Crippen molar-refractivity contribution in [2.24, 2.45) is 0 Å². The Balaban J connectivity index is 0. The lowest BCUT2D eigenvalue weighted by Crippen LogP contribution is -1.81. The highest BCUT2D eigenvalue weighted by Crippen LogP contribution is 1.89. The van der Waals surface area contributed by atoms with Crippen LogP contribution in [-0.4, -0.2) is 22.0 Å². The molecule has 0 bridgehead atoms. The van der Waals surface area contributed by atoms with Gasteiger partial charge < -0.3 is 10.3 Å². The fraction of sp³-hybridized carbons (Fsp3) is 1.00. The van der Waals surface area contributed by atoms with Crippen LogP contribution >= 0.6 is 0 Å². The highest BCUT2D eigenvalue weighted by atomic mass is 16.9. The predicted octanol–water partition coefficient (Wildman–Crippen LogP) is 0.821. The number of rotatable bonds is 3. The first-order chi connectivity index (χ1) is 4.65. The van der Waals surface area contributed by atoms with Gasteiger partial charge in [0.1, 0.15) is 0 Å². The number of nitrogens with zero attached hydrogens (tertiary/aromatic N) is 1. The molecule has 0 spiro atoms. The Labute approximate surface area is 59.4 Å². The lowest BCUT2D eigenvalue weighted by atomic mass is 10.3. The van der Waals surface area contributed by atoms with E-state index in [0.717, 1.165) is 12.8 Å². The quantitative estimate of drug-likeness (QED) is 0.355. The molecule has 0 aromatic carbocycles. The van der Waals surface area contributed by atoms with Gasteiger partial charge in [-0.05, 0) is 6.42 Å². The first kappa shape index (κ1) is 11.9. The van der Waals surface area contributed by atoms with E-state index in [2.05, 4.69) is 6.92 Å². The van der Waals surface area contributed by atoms with Crippen LogP contribution in [-0.2, 0) is 0 Å². The molecule has 0 heterocycles. The summed E-state index contributed by atoms with van der Waals surface area (Å²) in [6.45, 7) is 2.48. The summed E-state index contributed by atoms with van der Waals surface area (Å²) in [5.74, 6) is 0. The largest absolute Gasteiger partial charge is 0.396 e. The van der Waals surface area contributed by atoms with Gasteiger partial charge in [0.15, 0.2) is 0 Å². The minimum atomic E-state index is -1.50. The van der Waals surface area contributed by atoms with Crippen molar-refractivity contribution in [3.05, 3.63) is 10.1 Å². The minimum Gasteiger partial charge on any atom is -0.396 e. The van der Waals surface area contributed by atoms with E-state index in [-0.39, 0.29) is 0 Å². The average Bonchev–Trinajstić information content (AvgIpc) is 1.82. The van der Waals surface area contributed by atoms with Crippen LogP contribution in [0.25, 0.3) is 0 Å². The van der Waals surface area contributed by atoms with Crippen molar-refractivity contribution in [1.29, 1.82) is 0 Å². The molecule has 10 heavy (non-hydrogen) atoms. The maximum Gasteiger partial charge on any atom is 0.291 e. The van der Waals surface area contributed by atoms with Gasteiger partial charge in [-0.15, -0.1) is 10.1 Å². The van der Waals surface area contributed by atoms with Gasteiger partial charge in [-0.1, -0.05) is 19.8 Å². The normalized spacial score (nSPS) is 7.80. The van der Waals surface area contributed by atoms with E-state index in [4.69, 9.17) is 20.4 Å². The van der Waals surface area contributed by atoms with Crippen LogP contribution in [0, 0.1) is 10.1 Å². The van der Waals surface area contributed by atoms with Crippen molar-refractivity contribution >= 4 is 0 Å². The lowest BCUT2D eigenvalue weighted by Gasteiger charge is -1.85. The SMILES string of the molecule is CCCCCO.O=[N+]([O-])O. The Morgan fingerprint density at radius 2 is 1.90 bits per heavy atom. The van der Waals surface area contributed by atoms with Gasteiger partial charge >= 0.3 is 0 Å². The third-order valence-electron chi connectivity index (χ3n) is 0.762. The van der Waals surface area contributed by atoms with Crippen LogP contribution < -0.4 is 0 Å². The summed E-state index contributed by atoms with van der Waals surface area (Å²) in [7, 11) is 0. The molecular formula is C5H13NO4. The second-order valence-electron chi connectivity index (χ2n) is 1.67. The molecule has 0 rings (SSSR count). The van der Waals surface area contributed by atoms with Crippen LogP contribution in [0.1, 0.15) is 26.2 Å². The van der Waals surface area contributed by atoms with Crippen LogP contribution in [0.15, 0.2) is 0 Å². The third kappa shape index (κ3) is 58.2. The highest BCUT2D eigenvalue weighted by Gasteiger charge is 1.76. The Bertz CT molecular complexity index is 68.0. The second-order valence-corrected chi connectivity index (χ2v) is 1.67. The Hall–Kier alpha value is -0.840. The lowest BCUT2D eigenvalue weighted by molar-refractivity contribution is -0.742. The molecule has 0 aliphatic rings. The van der Waals surface area contributed by atoms with Crippen LogP contribution in [0.3, 0.4) is 0 Å². The van der Waals surface area contributed by atoms with Crippen LogP contribution in [0.4, 0.5) is 0 Å². The molecule has 2 N–H and O–H groups in total. The van der Waals surface area contributed by atoms with Gasteiger partial charge in [0.05, 0.1) is 0 Å². The second kappa shape index (κ2) is 11.0. The molecule has 0 saturated heterocycles. The molecule has 62 valence electrons. The summed E-state index contributed by atoms with van der Waals surface area (Å²) in [6.07, 6.45) is 3.33. The molecule has 0 unspecified atom stereocenters. The molecule has 0 aromatic heterocycles. The molecule has 0 aromatic rings. The number of hydrogen-bond acceptors (Lipinski definition) is 3. The topological polar surface area (TPSA) is 83.6 Å². The van der Waals surface area contributed by atoms with Crippen molar-refractivity contribution in [3.8, 4) is 0 Å². The molecule has 0 atom stereocenters. The summed E-state index contributed by atoms with van der Waals surface area (Å²) in [6, 6.07) is 0. The average molecular weight is 151 g/mol. The monoisotopic (exact) mass is 151 g/mol. The van der Waals surface area contributed by atoms with Crippen molar-refractivity contribution in [1.82, 2.24) is 0 Å². The van der Waals surface area contributed by atoms with Crippen molar-refractivity contribution in [3.63, 3.8) is 0 Å². The zero-order valence-electron chi connectivity index (χ0n) is 5.99. The summed E-state index contributed by atoms with van der Waals surface area (Å²) in [5.41, 5.74) is 0.